The summed E-state index contributed by atoms with van der Waals surface area (Å²) in [6.07, 6.45) is 0. The molecular formula is C2HBrN3S. The lowest BCUT2D eigenvalue weighted by Gasteiger charge is -1.62. The lowest BCUT2D eigenvalue weighted by molar-refractivity contribution is 1.06. The van der Waals surface area contributed by atoms with Crippen LogP contribution in [0.15, 0.2) is 3.92 Å². The largest absolute Gasteiger partial charge is 0.272 e. The molecule has 0 aliphatic carbocycles. The predicted octanol–water partition coefficient (Wildman–Crippen LogP) is 1.21. The van der Waals surface area contributed by atoms with Gasteiger partial charge in [-0.25, -0.2) is 0 Å². The molecule has 1 aromatic heterocycles. The average Bonchev–Trinajstić information content (AvgIpc) is 1.87. The molecule has 1 rings (SSSR count). The summed E-state index contributed by atoms with van der Waals surface area (Å²) in [5, 5.41) is 7.16. The molecule has 1 N–H and O–H groups in total. The van der Waals surface area contributed by atoms with Crippen LogP contribution in [0.1, 0.15) is 0 Å². The molecule has 1 radical (unpaired) electrons. The SMILES string of the molecule is [NH]c1nnc(Br)s1. The molecule has 3 nitrogen and oxygen atoms in total. The van der Waals surface area contributed by atoms with E-state index < -0.39 is 0 Å². The first-order valence-electron chi connectivity index (χ1n) is 1.49. The minimum Gasteiger partial charge on any atom is -0.272 e. The van der Waals surface area contributed by atoms with E-state index >= 15 is 0 Å². The van der Waals surface area contributed by atoms with Crippen molar-refractivity contribution >= 4 is 32.4 Å². The van der Waals surface area contributed by atoms with Gasteiger partial charge in [-0.2, -0.15) is 0 Å². The van der Waals surface area contributed by atoms with Crippen molar-refractivity contribution in [2.75, 3.05) is 0 Å². The third kappa shape index (κ3) is 1.10. The Labute approximate surface area is 52.7 Å². The molecule has 7 heavy (non-hydrogen) atoms. The van der Waals surface area contributed by atoms with Gasteiger partial charge in [0.25, 0.3) is 0 Å². The van der Waals surface area contributed by atoms with Gasteiger partial charge in [0, 0.05) is 0 Å². The van der Waals surface area contributed by atoms with Gasteiger partial charge >= 0.3 is 0 Å². The first-order chi connectivity index (χ1) is 3.29. The van der Waals surface area contributed by atoms with Crippen LogP contribution in [0, 0.1) is 0 Å². The van der Waals surface area contributed by atoms with Crippen molar-refractivity contribution in [3.05, 3.63) is 3.92 Å². The average molecular weight is 179 g/mol. The Morgan fingerprint density at radius 3 is 2.43 bits per heavy atom. The van der Waals surface area contributed by atoms with E-state index in [1.165, 1.54) is 11.3 Å². The Morgan fingerprint density at radius 2 is 2.29 bits per heavy atom. The van der Waals surface area contributed by atoms with Crippen LogP contribution < -0.4 is 5.73 Å². The number of nitrogens with zero attached hydrogens (tertiary/aromatic N) is 2. The summed E-state index contributed by atoms with van der Waals surface area (Å²) < 4.78 is 0.664. The molecule has 0 amide bonds. The Bertz CT molecular complexity index is 145. The van der Waals surface area contributed by atoms with Crippen LogP contribution in [0.25, 0.3) is 0 Å². The van der Waals surface area contributed by atoms with Crippen molar-refractivity contribution in [2.24, 2.45) is 0 Å². The number of hydrogen-bond acceptors (Lipinski definition) is 3. The molecule has 0 aromatic carbocycles. The van der Waals surface area contributed by atoms with Crippen LogP contribution in [0.4, 0.5) is 5.13 Å². The smallest absolute Gasteiger partial charge is 0.225 e. The molecule has 0 bridgehead atoms. The van der Waals surface area contributed by atoms with Crippen molar-refractivity contribution in [3.63, 3.8) is 0 Å². The maximum absolute atomic E-state index is 6.83. The van der Waals surface area contributed by atoms with E-state index in [0.29, 0.717) is 3.92 Å². The number of halogens is 1. The molecule has 0 spiro atoms. The van der Waals surface area contributed by atoms with E-state index in [2.05, 4.69) is 26.1 Å². The molecule has 5 heteroatoms. The van der Waals surface area contributed by atoms with Crippen molar-refractivity contribution in [1.82, 2.24) is 15.9 Å². The Morgan fingerprint density at radius 1 is 1.57 bits per heavy atom. The quantitative estimate of drug-likeness (QED) is 0.600. The minimum atomic E-state index is 0.242. The second-order valence-electron chi connectivity index (χ2n) is 0.860. The van der Waals surface area contributed by atoms with E-state index in [4.69, 9.17) is 5.73 Å². The molecule has 1 heterocycles. The van der Waals surface area contributed by atoms with E-state index in [1.807, 2.05) is 0 Å². The zero-order valence-electron chi connectivity index (χ0n) is 3.18. The molecule has 0 atom stereocenters. The van der Waals surface area contributed by atoms with Crippen LogP contribution in [0.3, 0.4) is 0 Å². The van der Waals surface area contributed by atoms with Gasteiger partial charge in [0.05, 0.1) is 0 Å². The monoisotopic (exact) mass is 178 g/mol. The van der Waals surface area contributed by atoms with Gasteiger partial charge in [-0.1, -0.05) is 11.3 Å². The first-order valence-corrected chi connectivity index (χ1v) is 3.10. The highest BCUT2D eigenvalue weighted by Crippen LogP contribution is 2.17. The summed E-state index contributed by atoms with van der Waals surface area (Å²) >= 11 is 4.26. The highest BCUT2D eigenvalue weighted by Gasteiger charge is 1.92. The summed E-state index contributed by atoms with van der Waals surface area (Å²) in [6.45, 7) is 0. The first kappa shape index (κ1) is 4.99. The summed E-state index contributed by atoms with van der Waals surface area (Å²) in [4.78, 5) is 0. The fourth-order valence-corrected chi connectivity index (χ4v) is 1.07. The minimum absolute atomic E-state index is 0.242. The van der Waals surface area contributed by atoms with Gasteiger partial charge in [0.15, 0.2) is 3.92 Å². The Balaban J connectivity index is 3.04. The van der Waals surface area contributed by atoms with E-state index in [-0.39, 0.29) is 5.13 Å². The summed E-state index contributed by atoms with van der Waals surface area (Å²) in [7, 11) is 0. The van der Waals surface area contributed by atoms with Crippen LogP contribution in [0.2, 0.25) is 0 Å². The Kier molecular flexibility index (Phi) is 1.25. The predicted molar refractivity (Wildman–Crippen MR) is 30.4 cm³/mol. The molecule has 1 aromatic rings. The molecular weight excluding hydrogens is 178 g/mol. The van der Waals surface area contributed by atoms with Crippen LogP contribution in [0.5, 0.6) is 0 Å². The topological polar surface area (TPSA) is 49.6 Å². The maximum atomic E-state index is 6.83. The fourth-order valence-electron chi connectivity index (χ4n) is 0.205. The molecule has 0 aliphatic heterocycles. The molecule has 0 fully saturated rings. The van der Waals surface area contributed by atoms with Gasteiger partial charge in [-0.3, -0.25) is 5.73 Å². The normalized spacial score (nSPS) is 9.29. The highest BCUT2D eigenvalue weighted by atomic mass is 79.9. The van der Waals surface area contributed by atoms with Gasteiger partial charge < -0.3 is 0 Å². The lowest BCUT2D eigenvalue weighted by atomic mass is 11.3. The lowest BCUT2D eigenvalue weighted by Crippen LogP contribution is -1.64. The van der Waals surface area contributed by atoms with Crippen molar-refractivity contribution in [2.45, 2.75) is 0 Å². The number of rotatable bonds is 0. The third-order valence-electron chi connectivity index (χ3n) is 0.400. The number of hydrogen-bond donors (Lipinski definition) is 0. The van der Waals surface area contributed by atoms with Crippen LogP contribution in [-0.4, -0.2) is 10.2 Å². The van der Waals surface area contributed by atoms with Gasteiger partial charge in [-0.15, -0.1) is 10.2 Å². The van der Waals surface area contributed by atoms with E-state index in [0.717, 1.165) is 0 Å². The number of aromatic nitrogens is 2. The summed E-state index contributed by atoms with van der Waals surface area (Å²) in [5.74, 6) is 0. The van der Waals surface area contributed by atoms with Gasteiger partial charge in [-0.05, 0) is 15.9 Å². The Hall–Kier alpha value is -0.160. The van der Waals surface area contributed by atoms with E-state index in [9.17, 15) is 0 Å². The maximum Gasteiger partial charge on any atom is 0.225 e. The zero-order valence-corrected chi connectivity index (χ0v) is 5.58. The second-order valence-corrected chi connectivity index (χ2v) is 3.11. The van der Waals surface area contributed by atoms with Crippen molar-refractivity contribution < 1.29 is 0 Å². The fraction of sp³-hybridized carbons (Fsp3) is 0. The van der Waals surface area contributed by atoms with Crippen LogP contribution >= 0.6 is 27.3 Å². The molecule has 0 saturated heterocycles. The molecule has 37 valence electrons. The van der Waals surface area contributed by atoms with Crippen LogP contribution in [-0.2, 0) is 0 Å². The van der Waals surface area contributed by atoms with Crippen molar-refractivity contribution in [3.8, 4) is 0 Å². The van der Waals surface area contributed by atoms with Gasteiger partial charge in [0.1, 0.15) is 0 Å². The highest BCUT2D eigenvalue weighted by molar-refractivity contribution is 9.11. The molecule has 0 saturated carbocycles. The number of nitrogens with one attached hydrogen (secondary N) is 1. The van der Waals surface area contributed by atoms with Gasteiger partial charge in [0.2, 0.25) is 5.13 Å². The standard InChI is InChI=1S/C2HBrN3S/c3-1-5-6-2(4)7-1/h4H. The second kappa shape index (κ2) is 1.75. The molecule has 0 unspecified atom stereocenters. The third-order valence-corrected chi connectivity index (χ3v) is 1.57. The summed E-state index contributed by atoms with van der Waals surface area (Å²) in [6, 6.07) is 0. The zero-order chi connectivity index (χ0) is 5.28. The van der Waals surface area contributed by atoms with Crippen molar-refractivity contribution in [1.29, 1.82) is 0 Å². The molecule has 0 aliphatic rings. The summed E-state index contributed by atoms with van der Waals surface area (Å²) in [5.41, 5.74) is 6.83. The van der Waals surface area contributed by atoms with E-state index in [1.54, 1.807) is 0 Å².